The lowest BCUT2D eigenvalue weighted by Gasteiger charge is -1.97. The minimum Gasteiger partial charge on any atom is -0.507 e. The maximum absolute atomic E-state index is 10.8. The first-order valence-corrected chi connectivity index (χ1v) is 4.09. The summed E-state index contributed by atoms with van der Waals surface area (Å²) >= 11 is 1.62. The van der Waals surface area contributed by atoms with Gasteiger partial charge in [0.25, 0.3) is 0 Å². The Morgan fingerprint density at radius 1 is 1.64 bits per heavy atom. The van der Waals surface area contributed by atoms with Crippen LogP contribution in [0, 0.1) is 0 Å². The van der Waals surface area contributed by atoms with Gasteiger partial charge in [-0.2, -0.15) is 0 Å². The number of rotatable bonds is 3. The van der Waals surface area contributed by atoms with Crippen LogP contribution >= 0.6 is 22.6 Å². The SMILES string of the molecule is C=C/C=C(O)\C(=C/C)C(=O)I. The van der Waals surface area contributed by atoms with Crippen LogP contribution in [0.2, 0.25) is 0 Å². The number of allylic oxidation sites excluding steroid dienone is 4. The molecule has 0 aliphatic carbocycles. The summed E-state index contributed by atoms with van der Waals surface area (Å²) in [5.74, 6) is -0.0399. The Morgan fingerprint density at radius 2 is 2.18 bits per heavy atom. The van der Waals surface area contributed by atoms with Gasteiger partial charge < -0.3 is 5.11 Å². The van der Waals surface area contributed by atoms with E-state index in [2.05, 4.69) is 6.58 Å². The Morgan fingerprint density at radius 3 is 2.45 bits per heavy atom. The van der Waals surface area contributed by atoms with Crippen LogP contribution in [0.4, 0.5) is 0 Å². The molecule has 0 aromatic carbocycles. The smallest absolute Gasteiger partial charge is 0.225 e. The van der Waals surface area contributed by atoms with Gasteiger partial charge in [-0.15, -0.1) is 0 Å². The second kappa shape index (κ2) is 5.12. The number of hydrogen-bond donors (Lipinski definition) is 1. The molecule has 1 N–H and O–H groups in total. The number of aliphatic hydroxyl groups is 1. The molecule has 0 aliphatic heterocycles. The summed E-state index contributed by atoms with van der Waals surface area (Å²) in [5.41, 5.74) is 0.311. The van der Waals surface area contributed by atoms with E-state index in [-0.39, 0.29) is 9.55 Å². The van der Waals surface area contributed by atoms with Gasteiger partial charge in [0.05, 0.1) is 5.57 Å². The van der Waals surface area contributed by atoms with Crippen molar-refractivity contribution in [2.75, 3.05) is 0 Å². The zero-order valence-electron chi connectivity index (χ0n) is 6.17. The second-order valence-corrected chi connectivity index (χ2v) is 2.74. The summed E-state index contributed by atoms with van der Waals surface area (Å²) in [7, 11) is 0. The highest BCUT2D eigenvalue weighted by Gasteiger charge is 2.07. The normalized spacial score (nSPS) is 12.9. The molecular weight excluding hydrogens is 255 g/mol. The topological polar surface area (TPSA) is 37.3 Å². The van der Waals surface area contributed by atoms with Crippen molar-refractivity contribution in [1.29, 1.82) is 0 Å². The quantitative estimate of drug-likeness (QED) is 0.279. The molecule has 0 amide bonds. The molecule has 0 spiro atoms. The van der Waals surface area contributed by atoms with Crippen LogP contribution < -0.4 is 0 Å². The second-order valence-electron chi connectivity index (χ2n) is 1.76. The molecule has 0 aromatic rings. The Kier molecular flexibility index (Phi) is 4.85. The third kappa shape index (κ3) is 3.36. The summed E-state index contributed by atoms with van der Waals surface area (Å²) in [6.07, 6.45) is 4.37. The van der Waals surface area contributed by atoms with Crippen LogP contribution in [-0.4, -0.2) is 8.90 Å². The minimum absolute atomic E-state index is 0.0399. The lowest BCUT2D eigenvalue weighted by atomic mass is 10.2. The first-order chi connectivity index (χ1) is 5.13. The Bertz CT molecular complexity index is 226. The predicted octanol–water partition coefficient (Wildman–Crippen LogP) is 2.52. The Labute approximate surface area is 79.4 Å². The van der Waals surface area contributed by atoms with Crippen LogP contribution in [0.25, 0.3) is 0 Å². The summed E-state index contributed by atoms with van der Waals surface area (Å²) < 4.78 is -0.180. The molecule has 0 fully saturated rings. The van der Waals surface area contributed by atoms with Crippen LogP contribution in [0.5, 0.6) is 0 Å². The predicted molar refractivity (Wildman–Crippen MR) is 53.7 cm³/mol. The highest BCUT2D eigenvalue weighted by atomic mass is 127. The van der Waals surface area contributed by atoms with Gasteiger partial charge in [-0.05, 0) is 13.0 Å². The van der Waals surface area contributed by atoms with E-state index in [0.717, 1.165) is 0 Å². The van der Waals surface area contributed by atoms with Gasteiger partial charge in [0.2, 0.25) is 3.79 Å². The highest BCUT2D eigenvalue weighted by Crippen LogP contribution is 2.11. The van der Waals surface area contributed by atoms with Gasteiger partial charge in [0.15, 0.2) is 0 Å². The number of carbonyl (C=O) groups is 1. The van der Waals surface area contributed by atoms with E-state index < -0.39 is 0 Å². The standard InChI is InChI=1S/C8H9IO2/c1-3-5-7(10)6(4-2)8(9)11/h3-5,10H,1H2,2H3/b6-4+,7-5+. The van der Waals surface area contributed by atoms with E-state index in [1.807, 2.05) is 0 Å². The number of aliphatic hydroxyl groups excluding tert-OH is 1. The van der Waals surface area contributed by atoms with E-state index in [4.69, 9.17) is 0 Å². The van der Waals surface area contributed by atoms with E-state index >= 15 is 0 Å². The number of halogens is 1. The summed E-state index contributed by atoms with van der Waals surface area (Å²) in [5, 5.41) is 9.18. The monoisotopic (exact) mass is 264 g/mol. The molecule has 0 saturated heterocycles. The Balaban J connectivity index is 4.67. The largest absolute Gasteiger partial charge is 0.507 e. The van der Waals surface area contributed by atoms with Crippen molar-refractivity contribution in [3.8, 4) is 0 Å². The molecule has 0 radical (unpaired) electrons. The third-order valence-electron chi connectivity index (χ3n) is 1.05. The number of hydrogen-bond acceptors (Lipinski definition) is 2. The fourth-order valence-electron chi connectivity index (χ4n) is 0.563. The molecule has 11 heavy (non-hydrogen) atoms. The lowest BCUT2D eigenvalue weighted by molar-refractivity contribution is -0.106. The molecular formula is C8H9IO2. The van der Waals surface area contributed by atoms with Crippen LogP contribution in [-0.2, 0) is 4.79 Å². The highest BCUT2D eigenvalue weighted by molar-refractivity contribution is 14.1. The van der Waals surface area contributed by atoms with E-state index in [0.29, 0.717) is 5.57 Å². The summed E-state index contributed by atoms with van der Waals surface area (Å²) in [6, 6.07) is 0. The van der Waals surface area contributed by atoms with Crippen LogP contribution in [0.3, 0.4) is 0 Å². The van der Waals surface area contributed by atoms with Crippen molar-refractivity contribution < 1.29 is 9.90 Å². The molecule has 0 saturated carbocycles. The van der Waals surface area contributed by atoms with Crippen molar-refractivity contribution in [2.45, 2.75) is 6.92 Å². The van der Waals surface area contributed by atoms with Gasteiger partial charge in [0, 0.05) is 22.6 Å². The first-order valence-electron chi connectivity index (χ1n) is 3.01. The minimum atomic E-state index is -0.180. The third-order valence-corrected chi connectivity index (χ3v) is 1.63. The van der Waals surface area contributed by atoms with Gasteiger partial charge in [-0.3, -0.25) is 4.79 Å². The van der Waals surface area contributed by atoms with Gasteiger partial charge in [0.1, 0.15) is 5.76 Å². The molecule has 0 unspecified atom stereocenters. The maximum atomic E-state index is 10.8. The van der Waals surface area contributed by atoms with Gasteiger partial charge >= 0.3 is 0 Å². The van der Waals surface area contributed by atoms with Crippen molar-refractivity contribution in [3.05, 3.63) is 36.1 Å². The zero-order chi connectivity index (χ0) is 8.85. The molecule has 0 bridgehead atoms. The van der Waals surface area contributed by atoms with E-state index in [9.17, 15) is 9.90 Å². The van der Waals surface area contributed by atoms with Gasteiger partial charge in [-0.1, -0.05) is 18.7 Å². The fraction of sp³-hybridized carbons (Fsp3) is 0.125. The number of carbonyl (C=O) groups excluding carboxylic acids is 1. The molecule has 0 heterocycles. The first kappa shape index (κ1) is 10.4. The average molecular weight is 264 g/mol. The molecule has 60 valence electrons. The molecule has 3 heteroatoms. The van der Waals surface area contributed by atoms with Crippen LogP contribution in [0.15, 0.2) is 36.1 Å². The lowest BCUT2D eigenvalue weighted by Crippen LogP contribution is -1.95. The van der Waals surface area contributed by atoms with E-state index in [1.165, 1.54) is 12.2 Å². The Hall–Kier alpha value is -0.580. The summed E-state index contributed by atoms with van der Waals surface area (Å²) in [4.78, 5) is 10.8. The molecule has 0 aliphatic rings. The fourth-order valence-corrected chi connectivity index (χ4v) is 1.15. The van der Waals surface area contributed by atoms with Crippen molar-refractivity contribution in [1.82, 2.24) is 0 Å². The van der Waals surface area contributed by atoms with Crippen molar-refractivity contribution in [2.24, 2.45) is 0 Å². The van der Waals surface area contributed by atoms with Crippen molar-refractivity contribution >= 4 is 26.4 Å². The van der Waals surface area contributed by atoms with Gasteiger partial charge in [-0.25, -0.2) is 0 Å². The summed E-state index contributed by atoms with van der Waals surface area (Å²) in [6.45, 7) is 5.09. The molecule has 2 nitrogen and oxygen atoms in total. The van der Waals surface area contributed by atoms with E-state index in [1.54, 1.807) is 35.6 Å². The maximum Gasteiger partial charge on any atom is 0.225 e. The van der Waals surface area contributed by atoms with Crippen LogP contribution in [0.1, 0.15) is 6.92 Å². The average Bonchev–Trinajstić information content (AvgIpc) is 1.88. The molecule has 0 rings (SSSR count). The van der Waals surface area contributed by atoms with Crippen molar-refractivity contribution in [3.63, 3.8) is 0 Å². The molecule has 0 atom stereocenters. The molecule has 0 aromatic heterocycles. The zero-order valence-corrected chi connectivity index (χ0v) is 8.33.